The van der Waals surface area contributed by atoms with E-state index in [1.54, 1.807) is 0 Å². The summed E-state index contributed by atoms with van der Waals surface area (Å²) >= 11 is 3.57. The van der Waals surface area contributed by atoms with Crippen LogP contribution in [0, 0.1) is 0 Å². The van der Waals surface area contributed by atoms with Gasteiger partial charge in [0, 0.05) is 12.1 Å². The fraction of sp³-hybridized carbons (Fsp3) is 0.357. The Balaban J connectivity index is 2.03. The number of H-pyrrole nitrogens is 1. The molecule has 1 aromatic heterocycles. The van der Waals surface area contributed by atoms with Crippen molar-refractivity contribution < 1.29 is 0 Å². The van der Waals surface area contributed by atoms with Crippen LogP contribution in [0.1, 0.15) is 29.7 Å². The lowest BCUT2D eigenvalue weighted by Crippen LogP contribution is -2.02. The van der Waals surface area contributed by atoms with E-state index in [4.69, 9.17) is 5.73 Å². The molecular weight excluding hydrogens is 290 g/mol. The number of benzene rings is 1. The molecule has 4 heteroatoms. The fourth-order valence-corrected chi connectivity index (χ4v) is 3.14. The molecule has 0 saturated carbocycles. The number of aromatic amines is 1. The maximum atomic E-state index is 5.65. The first kappa shape index (κ1) is 11.9. The Morgan fingerprint density at radius 2 is 2.00 bits per heavy atom. The summed E-state index contributed by atoms with van der Waals surface area (Å²) in [5, 5.41) is 7.33. The van der Waals surface area contributed by atoms with Gasteiger partial charge in [0.2, 0.25) is 0 Å². The van der Waals surface area contributed by atoms with Gasteiger partial charge in [-0.25, -0.2) is 0 Å². The third kappa shape index (κ3) is 1.99. The predicted molar refractivity (Wildman–Crippen MR) is 76.3 cm³/mol. The van der Waals surface area contributed by atoms with Gasteiger partial charge in [-0.15, -0.1) is 0 Å². The monoisotopic (exact) mass is 305 g/mol. The first-order valence-corrected chi connectivity index (χ1v) is 7.14. The van der Waals surface area contributed by atoms with Crippen LogP contribution in [0.5, 0.6) is 0 Å². The highest BCUT2D eigenvalue weighted by molar-refractivity contribution is 9.10. The molecule has 0 amide bonds. The first-order chi connectivity index (χ1) is 8.79. The van der Waals surface area contributed by atoms with Gasteiger partial charge >= 0.3 is 0 Å². The van der Waals surface area contributed by atoms with Gasteiger partial charge in [-0.1, -0.05) is 12.1 Å². The van der Waals surface area contributed by atoms with Crippen LogP contribution in [0.2, 0.25) is 0 Å². The van der Waals surface area contributed by atoms with E-state index in [1.807, 2.05) is 0 Å². The van der Waals surface area contributed by atoms with Crippen LogP contribution in [-0.4, -0.2) is 10.2 Å². The normalized spacial score (nSPS) is 14.6. The zero-order valence-electron chi connectivity index (χ0n) is 10.2. The number of fused-ring (bicyclic) bond motifs is 1. The minimum absolute atomic E-state index is 0.471. The van der Waals surface area contributed by atoms with Crippen molar-refractivity contribution in [3.05, 3.63) is 39.5 Å². The van der Waals surface area contributed by atoms with Crippen LogP contribution in [0.25, 0.3) is 11.3 Å². The van der Waals surface area contributed by atoms with Gasteiger partial charge in [0.1, 0.15) is 5.69 Å². The van der Waals surface area contributed by atoms with Crippen molar-refractivity contribution in [3.8, 4) is 11.3 Å². The summed E-state index contributed by atoms with van der Waals surface area (Å²) in [5.74, 6) is 0. The van der Waals surface area contributed by atoms with Crippen molar-refractivity contribution in [2.24, 2.45) is 5.73 Å². The topological polar surface area (TPSA) is 54.7 Å². The van der Waals surface area contributed by atoms with E-state index >= 15 is 0 Å². The Hall–Kier alpha value is -1.13. The number of nitrogens with two attached hydrogens (primary N) is 1. The average molecular weight is 306 g/mol. The molecule has 0 radical (unpaired) electrons. The Bertz CT molecular complexity index is 574. The van der Waals surface area contributed by atoms with Gasteiger partial charge in [0.15, 0.2) is 0 Å². The van der Waals surface area contributed by atoms with E-state index < -0.39 is 0 Å². The molecule has 1 aliphatic rings. The lowest BCUT2D eigenvalue weighted by molar-refractivity contribution is 0.686. The zero-order chi connectivity index (χ0) is 12.5. The molecule has 18 heavy (non-hydrogen) atoms. The smallest absolute Gasteiger partial charge is 0.107 e. The number of hydrogen-bond donors (Lipinski definition) is 2. The highest BCUT2D eigenvalue weighted by Gasteiger charge is 2.14. The minimum atomic E-state index is 0.471. The van der Waals surface area contributed by atoms with Gasteiger partial charge in [0.25, 0.3) is 0 Å². The van der Waals surface area contributed by atoms with Crippen molar-refractivity contribution in [1.82, 2.24) is 10.2 Å². The third-order valence-electron chi connectivity index (χ3n) is 3.60. The second kappa shape index (κ2) is 4.86. The molecule has 2 aromatic rings. The van der Waals surface area contributed by atoms with Gasteiger partial charge in [0.05, 0.1) is 10.2 Å². The van der Waals surface area contributed by atoms with Gasteiger partial charge < -0.3 is 5.73 Å². The second-order valence-electron chi connectivity index (χ2n) is 4.76. The van der Waals surface area contributed by atoms with E-state index in [-0.39, 0.29) is 0 Å². The molecule has 0 atom stereocenters. The van der Waals surface area contributed by atoms with E-state index in [0.717, 1.165) is 15.9 Å². The maximum Gasteiger partial charge on any atom is 0.107 e. The molecule has 0 saturated heterocycles. The van der Waals surface area contributed by atoms with Crippen molar-refractivity contribution >= 4 is 15.9 Å². The highest BCUT2D eigenvalue weighted by Crippen LogP contribution is 2.31. The molecular formula is C14H16BrN3. The number of aromatic nitrogens is 2. The number of hydrogen-bond acceptors (Lipinski definition) is 2. The van der Waals surface area contributed by atoms with Crippen molar-refractivity contribution in [2.75, 3.05) is 0 Å². The number of halogens is 1. The maximum absolute atomic E-state index is 5.65. The first-order valence-electron chi connectivity index (χ1n) is 6.34. The lowest BCUT2D eigenvalue weighted by Gasteiger charge is -2.16. The quantitative estimate of drug-likeness (QED) is 0.895. The second-order valence-corrected chi connectivity index (χ2v) is 5.55. The fourth-order valence-electron chi connectivity index (χ4n) is 2.57. The van der Waals surface area contributed by atoms with E-state index in [2.05, 4.69) is 44.3 Å². The standard InChI is InChI=1S/C14H16BrN3/c15-13-12(8-16)17-18-14(13)11-6-5-9-3-1-2-4-10(9)7-11/h5-7H,1-4,8,16H2,(H,17,18). The van der Waals surface area contributed by atoms with Crippen LogP contribution in [-0.2, 0) is 19.4 Å². The van der Waals surface area contributed by atoms with Crippen LogP contribution < -0.4 is 5.73 Å². The summed E-state index contributed by atoms with van der Waals surface area (Å²) in [6.45, 7) is 0.471. The van der Waals surface area contributed by atoms with Gasteiger partial charge in [-0.2, -0.15) is 5.10 Å². The SMILES string of the molecule is NCc1[nH]nc(-c2ccc3c(c2)CCCC3)c1Br. The molecule has 1 aromatic carbocycles. The van der Waals surface area contributed by atoms with Crippen LogP contribution in [0.3, 0.4) is 0 Å². The van der Waals surface area contributed by atoms with Crippen molar-refractivity contribution in [1.29, 1.82) is 0 Å². The van der Waals surface area contributed by atoms with E-state index in [9.17, 15) is 0 Å². The molecule has 0 aliphatic heterocycles. The molecule has 3 nitrogen and oxygen atoms in total. The van der Waals surface area contributed by atoms with Crippen LogP contribution >= 0.6 is 15.9 Å². The molecule has 0 unspecified atom stereocenters. The number of rotatable bonds is 2. The third-order valence-corrected chi connectivity index (χ3v) is 4.46. The average Bonchev–Trinajstić information content (AvgIpc) is 2.79. The van der Waals surface area contributed by atoms with E-state index in [0.29, 0.717) is 6.54 Å². The largest absolute Gasteiger partial charge is 0.325 e. The highest BCUT2D eigenvalue weighted by atomic mass is 79.9. The molecule has 1 heterocycles. The lowest BCUT2D eigenvalue weighted by atomic mass is 9.90. The Kier molecular flexibility index (Phi) is 3.22. The molecule has 0 bridgehead atoms. The Morgan fingerprint density at radius 3 is 2.72 bits per heavy atom. The molecule has 0 spiro atoms. The molecule has 3 N–H and O–H groups in total. The molecule has 94 valence electrons. The van der Waals surface area contributed by atoms with Crippen LogP contribution in [0.15, 0.2) is 22.7 Å². The summed E-state index contributed by atoms with van der Waals surface area (Å²) in [7, 11) is 0. The Morgan fingerprint density at radius 1 is 1.22 bits per heavy atom. The minimum Gasteiger partial charge on any atom is -0.325 e. The Labute approximate surface area is 115 Å². The number of aryl methyl sites for hydroxylation is 2. The van der Waals surface area contributed by atoms with E-state index in [1.165, 1.54) is 42.4 Å². The van der Waals surface area contributed by atoms with Crippen molar-refractivity contribution in [3.63, 3.8) is 0 Å². The predicted octanol–water partition coefficient (Wildman–Crippen LogP) is 3.18. The number of nitrogens with zero attached hydrogens (tertiary/aromatic N) is 1. The van der Waals surface area contributed by atoms with Crippen molar-refractivity contribution in [2.45, 2.75) is 32.2 Å². The molecule has 3 rings (SSSR count). The summed E-state index contributed by atoms with van der Waals surface area (Å²) in [5.41, 5.74) is 11.7. The summed E-state index contributed by atoms with van der Waals surface area (Å²) in [6, 6.07) is 6.67. The molecule has 1 aliphatic carbocycles. The van der Waals surface area contributed by atoms with Gasteiger partial charge in [-0.3, -0.25) is 5.10 Å². The summed E-state index contributed by atoms with van der Waals surface area (Å²) in [4.78, 5) is 0. The van der Waals surface area contributed by atoms with Gasteiger partial charge in [-0.05, 0) is 58.8 Å². The number of nitrogens with one attached hydrogen (secondary N) is 1. The van der Waals surface area contributed by atoms with Crippen LogP contribution in [0.4, 0.5) is 0 Å². The molecule has 0 fully saturated rings. The summed E-state index contributed by atoms with van der Waals surface area (Å²) in [6.07, 6.45) is 5.02. The zero-order valence-corrected chi connectivity index (χ0v) is 11.8. The summed E-state index contributed by atoms with van der Waals surface area (Å²) < 4.78 is 0.987.